The van der Waals surface area contributed by atoms with Gasteiger partial charge in [0, 0.05) is 26.2 Å². The number of benzene rings is 1. The van der Waals surface area contributed by atoms with E-state index in [9.17, 15) is 4.79 Å². The molecule has 0 aliphatic carbocycles. The molecule has 3 N–H and O–H groups in total. The zero-order valence-electron chi connectivity index (χ0n) is 10.2. The number of carbonyl (C=O) groups excluding carboxylic acids is 1. The molecule has 1 aromatic rings. The predicted molar refractivity (Wildman–Crippen MR) is 67.4 cm³/mol. The maximum atomic E-state index is 11.3. The summed E-state index contributed by atoms with van der Waals surface area (Å²) in [6, 6.07) is 6.30. The lowest BCUT2D eigenvalue weighted by Gasteiger charge is -2.27. The van der Waals surface area contributed by atoms with Crippen LogP contribution in [0.15, 0.2) is 18.2 Å². The van der Waals surface area contributed by atoms with Gasteiger partial charge in [-0.25, -0.2) is 0 Å². The second-order valence-electron chi connectivity index (χ2n) is 4.53. The standard InChI is InChI=1S/C13H19N3O/c1-10-6-11(7-14)2-3-12(10)8-16-5-4-15-13(17)9-16/h2-3,6H,4-5,7-9,14H2,1H3,(H,15,17). The number of carbonyl (C=O) groups is 1. The molecule has 1 amide bonds. The van der Waals surface area contributed by atoms with Crippen LogP contribution in [0.3, 0.4) is 0 Å². The lowest BCUT2D eigenvalue weighted by atomic mass is 10.0. The average Bonchev–Trinajstić information content (AvgIpc) is 2.32. The summed E-state index contributed by atoms with van der Waals surface area (Å²) in [6.45, 7) is 5.68. The van der Waals surface area contributed by atoms with Crippen molar-refractivity contribution < 1.29 is 4.79 Å². The van der Waals surface area contributed by atoms with E-state index in [4.69, 9.17) is 5.73 Å². The van der Waals surface area contributed by atoms with Crippen LogP contribution in [-0.2, 0) is 17.9 Å². The fraction of sp³-hybridized carbons (Fsp3) is 0.462. The predicted octanol–water partition coefficient (Wildman–Crippen LogP) is 0.386. The summed E-state index contributed by atoms with van der Waals surface area (Å²) in [5.74, 6) is 0.118. The van der Waals surface area contributed by atoms with Gasteiger partial charge in [0.25, 0.3) is 0 Å². The Labute approximate surface area is 102 Å². The second-order valence-corrected chi connectivity index (χ2v) is 4.53. The van der Waals surface area contributed by atoms with E-state index in [-0.39, 0.29) is 5.91 Å². The summed E-state index contributed by atoms with van der Waals surface area (Å²) in [5.41, 5.74) is 9.29. The van der Waals surface area contributed by atoms with Gasteiger partial charge >= 0.3 is 0 Å². The van der Waals surface area contributed by atoms with E-state index in [1.165, 1.54) is 11.1 Å². The van der Waals surface area contributed by atoms with Crippen molar-refractivity contribution in [3.63, 3.8) is 0 Å². The number of rotatable bonds is 3. The molecule has 1 aromatic carbocycles. The van der Waals surface area contributed by atoms with Crippen LogP contribution < -0.4 is 11.1 Å². The van der Waals surface area contributed by atoms with E-state index in [0.29, 0.717) is 13.1 Å². The van der Waals surface area contributed by atoms with Crippen LogP contribution >= 0.6 is 0 Å². The molecule has 0 atom stereocenters. The lowest BCUT2D eigenvalue weighted by molar-refractivity contribution is -0.124. The van der Waals surface area contributed by atoms with Crippen LogP contribution in [0.2, 0.25) is 0 Å². The zero-order chi connectivity index (χ0) is 12.3. The lowest BCUT2D eigenvalue weighted by Crippen LogP contribution is -2.47. The number of piperazine rings is 1. The summed E-state index contributed by atoms with van der Waals surface area (Å²) in [4.78, 5) is 13.4. The highest BCUT2D eigenvalue weighted by atomic mass is 16.2. The Bertz CT molecular complexity index is 417. The summed E-state index contributed by atoms with van der Waals surface area (Å²) >= 11 is 0. The second kappa shape index (κ2) is 5.29. The van der Waals surface area contributed by atoms with Gasteiger partial charge in [-0.1, -0.05) is 18.2 Å². The van der Waals surface area contributed by atoms with Crippen molar-refractivity contribution in [2.24, 2.45) is 5.73 Å². The van der Waals surface area contributed by atoms with E-state index >= 15 is 0 Å². The zero-order valence-corrected chi connectivity index (χ0v) is 10.2. The molecule has 0 unspecified atom stereocenters. The molecule has 0 aromatic heterocycles. The number of nitrogens with two attached hydrogens (primary N) is 1. The third-order valence-corrected chi connectivity index (χ3v) is 3.15. The Balaban J connectivity index is 2.05. The van der Waals surface area contributed by atoms with Crippen molar-refractivity contribution in [2.45, 2.75) is 20.0 Å². The normalized spacial score (nSPS) is 16.9. The van der Waals surface area contributed by atoms with Crippen molar-refractivity contribution in [2.75, 3.05) is 19.6 Å². The fourth-order valence-corrected chi connectivity index (χ4v) is 2.13. The van der Waals surface area contributed by atoms with Gasteiger partial charge in [-0.15, -0.1) is 0 Å². The number of aryl methyl sites for hydroxylation is 1. The minimum atomic E-state index is 0.118. The van der Waals surface area contributed by atoms with Gasteiger partial charge < -0.3 is 11.1 Å². The first kappa shape index (κ1) is 12.1. The molecule has 0 saturated carbocycles. The van der Waals surface area contributed by atoms with Crippen molar-refractivity contribution >= 4 is 5.91 Å². The maximum absolute atomic E-state index is 11.3. The molecule has 2 rings (SSSR count). The quantitative estimate of drug-likeness (QED) is 0.794. The third kappa shape index (κ3) is 3.05. The molecule has 4 heteroatoms. The smallest absolute Gasteiger partial charge is 0.234 e. The van der Waals surface area contributed by atoms with Gasteiger partial charge in [-0.2, -0.15) is 0 Å². The third-order valence-electron chi connectivity index (χ3n) is 3.15. The molecule has 1 saturated heterocycles. The highest BCUT2D eigenvalue weighted by molar-refractivity contribution is 5.78. The molecule has 0 radical (unpaired) electrons. The highest BCUT2D eigenvalue weighted by Crippen LogP contribution is 2.13. The molecule has 1 fully saturated rings. The number of nitrogens with one attached hydrogen (secondary N) is 1. The number of hydrogen-bond acceptors (Lipinski definition) is 3. The molecular weight excluding hydrogens is 214 g/mol. The summed E-state index contributed by atoms with van der Waals surface area (Å²) < 4.78 is 0. The Morgan fingerprint density at radius 3 is 2.94 bits per heavy atom. The molecule has 17 heavy (non-hydrogen) atoms. The summed E-state index contributed by atoms with van der Waals surface area (Å²) in [6.07, 6.45) is 0. The summed E-state index contributed by atoms with van der Waals surface area (Å²) in [7, 11) is 0. The van der Waals surface area contributed by atoms with Crippen LogP contribution in [-0.4, -0.2) is 30.4 Å². The first-order valence-corrected chi connectivity index (χ1v) is 5.96. The number of hydrogen-bond donors (Lipinski definition) is 2. The van der Waals surface area contributed by atoms with Gasteiger partial charge in [0.2, 0.25) is 5.91 Å². The van der Waals surface area contributed by atoms with Gasteiger partial charge in [0.05, 0.1) is 6.54 Å². The minimum Gasteiger partial charge on any atom is -0.354 e. The maximum Gasteiger partial charge on any atom is 0.234 e. The van der Waals surface area contributed by atoms with Crippen LogP contribution in [0.25, 0.3) is 0 Å². The first-order chi connectivity index (χ1) is 8.19. The highest BCUT2D eigenvalue weighted by Gasteiger charge is 2.16. The Morgan fingerprint density at radius 1 is 1.47 bits per heavy atom. The Kier molecular flexibility index (Phi) is 3.76. The monoisotopic (exact) mass is 233 g/mol. The molecular formula is C13H19N3O. The van der Waals surface area contributed by atoms with Gasteiger partial charge in [-0.05, 0) is 23.6 Å². The molecule has 0 bridgehead atoms. The average molecular weight is 233 g/mol. The fourth-order valence-electron chi connectivity index (χ4n) is 2.13. The van der Waals surface area contributed by atoms with Crippen molar-refractivity contribution in [1.82, 2.24) is 10.2 Å². The van der Waals surface area contributed by atoms with Crippen LogP contribution in [0.5, 0.6) is 0 Å². The van der Waals surface area contributed by atoms with Crippen molar-refractivity contribution in [3.8, 4) is 0 Å². The van der Waals surface area contributed by atoms with E-state index in [0.717, 1.165) is 25.2 Å². The van der Waals surface area contributed by atoms with E-state index in [1.807, 2.05) is 0 Å². The van der Waals surface area contributed by atoms with Gasteiger partial charge in [-0.3, -0.25) is 9.69 Å². The van der Waals surface area contributed by atoms with Crippen molar-refractivity contribution in [1.29, 1.82) is 0 Å². The molecule has 1 aliphatic rings. The number of nitrogens with zero attached hydrogens (tertiary/aromatic N) is 1. The first-order valence-electron chi connectivity index (χ1n) is 5.96. The van der Waals surface area contributed by atoms with Gasteiger partial charge in [0.15, 0.2) is 0 Å². The SMILES string of the molecule is Cc1cc(CN)ccc1CN1CCNC(=O)C1. The van der Waals surface area contributed by atoms with Crippen molar-refractivity contribution in [3.05, 3.63) is 34.9 Å². The van der Waals surface area contributed by atoms with E-state index in [1.54, 1.807) is 0 Å². The van der Waals surface area contributed by atoms with Crippen LogP contribution in [0.4, 0.5) is 0 Å². The largest absolute Gasteiger partial charge is 0.354 e. The van der Waals surface area contributed by atoms with Crippen LogP contribution in [0, 0.1) is 6.92 Å². The van der Waals surface area contributed by atoms with Gasteiger partial charge in [0.1, 0.15) is 0 Å². The van der Waals surface area contributed by atoms with E-state index < -0.39 is 0 Å². The Hall–Kier alpha value is -1.39. The van der Waals surface area contributed by atoms with Crippen LogP contribution in [0.1, 0.15) is 16.7 Å². The Morgan fingerprint density at radius 2 is 2.29 bits per heavy atom. The topological polar surface area (TPSA) is 58.4 Å². The molecule has 0 spiro atoms. The minimum absolute atomic E-state index is 0.118. The van der Waals surface area contributed by atoms with E-state index in [2.05, 4.69) is 35.3 Å². The molecule has 1 aliphatic heterocycles. The number of amides is 1. The molecule has 92 valence electrons. The molecule has 1 heterocycles. The molecule has 4 nitrogen and oxygen atoms in total. The summed E-state index contributed by atoms with van der Waals surface area (Å²) in [5, 5.41) is 2.83.